The van der Waals surface area contributed by atoms with Gasteiger partial charge in [0.15, 0.2) is 6.61 Å². The van der Waals surface area contributed by atoms with Crippen molar-refractivity contribution in [2.75, 3.05) is 19.7 Å². The fraction of sp³-hybridized carbons (Fsp3) is 0.444. The molecule has 0 radical (unpaired) electrons. The van der Waals surface area contributed by atoms with Crippen LogP contribution in [0.2, 0.25) is 0 Å². The summed E-state index contributed by atoms with van der Waals surface area (Å²) in [7, 11) is 0. The van der Waals surface area contributed by atoms with Crippen molar-refractivity contribution < 1.29 is 28.3 Å². The summed E-state index contributed by atoms with van der Waals surface area (Å²) in [5, 5.41) is 5.09. The lowest BCUT2D eigenvalue weighted by molar-refractivity contribution is -0.151. The Labute approximate surface area is 156 Å². The smallest absolute Gasteiger partial charge is 0.326 e. The molecule has 146 valence electrons. The van der Waals surface area contributed by atoms with Crippen molar-refractivity contribution in [3.05, 3.63) is 35.6 Å². The number of hydrogen-bond donors (Lipinski definition) is 2. The Morgan fingerprint density at radius 3 is 2.52 bits per heavy atom. The Morgan fingerprint density at radius 2 is 1.93 bits per heavy atom. The van der Waals surface area contributed by atoms with Gasteiger partial charge in [0.1, 0.15) is 17.9 Å². The Kier molecular flexibility index (Phi) is 6.49. The van der Waals surface area contributed by atoms with E-state index in [2.05, 4.69) is 10.6 Å². The summed E-state index contributed by atoms with van der Waals surface area (Å²) in [6, 6.07) is 5.23. The number of amides is 4. The number of benzene rings is 1. The lowest BCUT2D eigenvalue weighted by Crippen LogP contribution is -2.43. The molecule has 0 saturated carbocycles. The second-order valence-corrected chi connectivity index (χ2v) is 6.39. The van der Waals surface area contributed by atoms with E-state index < -0.39 is 42.5 Å². The van der Waals surface area contributed by atoms with Crippen LogP contribution in [-0.4, -0.2) is 54.0 Å². The maximum Gasteiger partial charge on any atom is 0.326 e. The van der Waals surface area contributed by atoms with Gasteiger partial charge in [0.05, 0.1) is 0 Å². The minimum atomic E-state index is -1.03. The predicted octanol–water partition coefficient (Wildman–Crippen LogP) is 0.748. The summed E-state index contributed by atoms with van der Waals surface area (Å²) in [6.45, 7) is 2.55. The van der Waals surface area contributed by atoms with Crippen LogP contribution < -0.4 is 10.6 Å². The lowest BCUT2D eigenvalue weighted by atomic mass is 9.99. The van der Waals surface area contributed by atoms with Crippen LogP contribution in [0.5, 0.6) is 0 Å². The van der Waals surface area contributed by atoms with E-state index in [1.165, 1.54) is 12.1 Å². The molecule has 1 aliphatic heterocycles. The topological polar surface area (TPSA) is 105 Å². The third-order valence-corrected chi connectivity index (χ3v) is 4.35. The van der Waals surface area contributed by atoms with E-state index in [0.29, 0.717) is 19.4 Å². The molecule has 4 amide bonds. The van der Waals surface area contributed by atoms with Crippen LogP contribution in [0.15, 0.2) is 24.3 Å². The first-order valence-corrected chi connectivity index (χ1v) is 8.56. The first-order valence-electron chi connectivity index (χ1n) is 8.56. The molecule has 27 heavy (non-hydrogen) atoms. The molecular formula is C18H22FN3O5. The predicted molar refractivity (Wildman–Crippen MR) is 93.0 cm³/mol. The fourth-order valence-electron chi connectivity index (χ4n) is 2.50. The summed E-state index contributed by atoms with van der Waals surface area (Å²) < 4.78 is 17.6. The number of carbonyl (C=O) groups is 4. The molecule has 1 aromatic rings. The Hall–Kier alpha value is -2.97. The van der Waals surface area contributed by atoms with Crippen LogP contribution in [-0.2, 0) is 25.5 Å². The van der Waals surface area contributed by atoms with Gasteiger partial charge in [0.25, 0.3) is 11.8 Å². The highest BCUT2D eigenvalue weighted by Gasteiger charge is 2.47. The number of imide groups is 1. The van der Waals surface area contributed by atoms with Crippen molar-refractivity contribution in [3.63, 3.8) is 0 Å². The molecule has 0 spiro atoms. The summed E-state index contributed by atoms with van der Waals surface area (Å²) in [6.07, 6.45) is 0.887. The van der Waals surface area contributed by atoms with Crippen LogP contribution in [0, 0.1) is 5.82 Å². The number of esters is 1. The third kappa shape index (κ3) is 5.25. The van der Waals surface area contributed by atoms with Crippen molar-refractivity contribution in [1.29, 1.82) is 0 Å². The van der Waals surface area contributed by atoms with Crippen LogP contribution in [0.1, 0.15) is 25.8 Å². The highest BCUT2D eigenvalue weighted by atomic mass is 19.1. The van der Waals surface area contributed by atoms with E-state index in [-0.39, 0.29) is 5.82 Å². The van der Waals surface area contributed by atoms with Crippen LogP contribution >= 0.6 is 0 Å². The maximum absolute atomic E-state index is 12.8. The molecule has 1 aromatic carbocycles. The van der Waals surface area contributed by atoms with E-state index in [4.69, 9.17) is 4.74 Å². The van der Waals surface area contributed by atoms with Gasteiger partial charge in [-0.2, -0.15) is 0 Å². The molecule has 1 heterocycles. The zero-order valence-electron chi connectivity index (χ0n) is 15.2. The molecule has 0 aromatic heterocycles. The van der Waals surface area contributed by atoms with Gasteiger partial charge in [-0.3, -0.25) is 19.3 Å². The molecule has 0 bridgehead atoms. The van der Waals surface area contributed by atoms with Gasteiger partial charge in [-0.1, -0.05) is 19.1 Å². The van der Waals surface area contributed by atoms with E-state index >= 15 is 0 Å². The van der Waals surface area contributed by atoms with E-state index in [9.17, 15) is 23.6 Å². The summed E-state index contributed by atoms with van der Waals surface area (Å²) in [4.78, 5) is 48.3. The quantitative estimate of drug-likeness (QED) is 0.512. The molecule has 1 aliphatic rings. The van der Waals surface area contributed by atoms with Crippen LogP contribution in [0.4, 0.5) is 9.18 Å². The fourth-order valence-corrected chi connectivity index (χ4v) is 2.50. The normalized spacial score (nSPS) is 19.0. The zero-order chi connectivity index (χ0) is 20.0. The number of halogens is 1. The highest BCUT2D eigenvalue weighted by Crippen LogP contribution is 2.20. The van der Waals surface area contributed by atoms with Crippen molar-refractivity contribution in [3.8, 4) is 0 Å². The second kappa shape index (κ2) is 8.61. The number of nitrogens with one attached hydrogen (secondary N) is 2. The van der Waals surface area contributed by atoms with Gasteiger partial charge in [0, 0.05) is 6.54 Å². The van der Waals surface area contributed by atoms with Crippen LogP contribution in [0.3, 0.4) is 0 Å². The zero-order valence-corrected chi connectivity index (χ0v) is 15.2. The number of ether oxygens (including phenoxy) is 1. The number of carbonyl (C=O) groups excluding carboxylic acids is 4. The second-order valence-electron chi connectivity index (χ2n) is 6.39. The minimum absolute atomic E-state index is 0.296. The molecule has 1 saturated heterocycles. The summed E-state index contributed by atoms with van der Waals surface area (Å²) in [5.74, 6) is -2.21. The van der Waals surface area contributed by atoms with Gasteiger partial charge in [0.2, 0.25) is 0 Å². The summed E-state index contributed by atoms with van der Waals surface area (Å²) in [5.41, 5.74) is -0.180. The first-order chi connectivity index (χ1) is 12.7. The highest BCUT2D eigenvalue weighted by molar-refractivity contribution is 6.08. The van der Waals surface area contributed by atoms with Crippen molar-refractivity contribution in [2.24, 2.45) is 0 Å². The van der Waals surface area contributed by atoms with Gasteiger partial charge in [-0.05, 0) is 37.5 Å². The molecule has 8 nitrogen and oxygen atoms in total. The average molecular weight is 379 g/mol. The number of hydrogen-bond acceptors (Lipinski definition) is 5. The van der Waals surface area contributed by atoms with E-state index in [1.807, 2.05) is 0 Å². The molecule has 2 N–H and O–H groups in total. The third-order valence-electron chi connectivity index (χ3n) is 4.35. The number of urea groups is 1. The van der Waals surface area contributed by atoms with Gasteiger partial charge < -0.3 is 15.4 Å². The molecule has 0 aliphatic carbocycles. The summed E-state index contributed by atoms with van der Waals surface area (Å²) >= 11 is 0. The monoisotopic (exact) mass is 379 g/mol. The molecule has 1 atom stereocenters. The Bertz CT molecular complexity index is 737. The van der Waals surface area contributed by atoms with Crippen molar-refractivity contribution >= 4 is 23.8 Å². The lowest BCUT2D eigenvalue weighted by Gasteiger charge is -2.18. The maximum atomic E-state index is 12.8. The van der Waals surface area contributed by atoms with Crippen molar-refractivity contribution in [1.82, 2.24) is 15.5 Å². The minimum Gasteiger partial charge on any atom is -0.454 e. The average Bonchev–Trinajstić information content (AvgIpc) is 2.85. The number of nitrogens with zero attached hydrogens (tertiary/aromatic N) is 1. The molecule has 2 rings (SSSR count). The molecule has 0 unspecified atom stereocenters. The Balaban J connectivity index is 1.70. The van der Waals surface area contributed by atoms with Gasteiger partial charge in [-0.15, -0.1) is 0 Å². The van der Waals surface area contributed by atoms with Gasteiger partial charge >= 0.3 is 12.0 Å². The molecule has 1 fully saturated rings. The SMILES string of the molecule is CC[C@]1(C)NC(=O)N(CC(=O)OCC(=O)NCCc2ccc(F)cc2)C1=O. The largest absolute Gasteiger partial charge is 0.454 e. The first kappa shape index (κ1) is 20.3. The molecular weight excluding hydrogens is 357 g/mol. The molecule has 9 heteroatoms. The Morgan fingerprint density at radius 1 is 1.26 bits per heavy atom. The van der Waals surface area contributed by atoms with Crippen LogP contribution in [0.25, 0.3) is 0 Å². The van der Waals surface area contributed by atoms with E-state index in [0.717, 1.165) is 10.5 Å². The van der Waals surface area contributed by atoms with Gasteiger partial charge in [-0.25, -0.2) is 9.18 Å². The number of rotatable bonds is 8. The van der Waals surface area contributed by atoms with E-state index in [1.54, 1.807) is 26.0 Å². The standard InChI is InChI=1S/C18H22FN3O5/c1-3-18(2)16(25)22(17(26)21-18)10-15(24)27-11-14(23)20-9-8-12-4-6-13(19)7-5-12/h4-7H,3,8-11H2,1-2H3,(H,20,23)(H,21,26)/t18-/m0/s1. The van der Waals surface area contributed by atoms with Crippen molar-refractivity contribution in [2.45, 2.75) is 32.2 Å².